The Morgan fingerprint density at radius 1 is 1.33 bits per heavy atom. The summed E-state index contributed by atoms with van der Waals surface area (Å²) in [6, 6.07) is -0.0198. The molecule has 0 aromatic carbocycles. The number of aliphatic hydroxyl groups excluding tert-OH is 1. The maximum Gasteiger partial charge on any atom is 0.220 e. The summed E-state index contributed by atoms with van der Waals surface area (Å²) in [5.41, 5.74) is 0.0176. The summed E-state index contributed by atoms with van der Waals surface area (Å²) in [6.45, 7) is 6.14. The number of amides is 1. The third kappa shape index (κ3) is 4.65. The van der Waals surface area contributed by atoms with Crippen LogP contribution in [-0.4, -0.2) is 23.2 Å². The van der Waals surface area contributed by atoms with Crippen molar-refractivity contribution >= 4 is 5.91 Å². The van der Waals surface area contributed by atoms with E-state index in [9.17, 15) is 9.90 Å². The number of carbonyl (C=O) groups excluding carboxylic acids is 1. The quantitative estimate of drug-likeness (QED) is 0.735. The monoisotopic (exact) mass is 213 g/mol. The Morgan fingerprint density at radius 3 is 2.47 bits per heavy atom. The second kappa shape index (κ2) is 4.97. The standard InChI is InChI=1S/C12H23NO2/c1-12(2,3)8-11(15)13-9-6-4-5-7-10(9)14/h9-10,14H,4-8H2,1-3H3,(H,13,15)/t9-,10-/m0/s1. The maximum absolute atomic E-state index is 11.7. The van der Waals surface area contributed by atoms with Crippen LogP contribution >= 0.6 is 0 Å². The van der Waals surface area contributed by atoms with E-state index in [0.717, 1.165) is 25.7 Å². The fourth-order valence-electron chi connectivity index (χ4n) is 2.02. The zero-order valence-electron chi connectivity index (χ0n) is 10.0. The van der Waals surface area contributed by atoms with Gasteiger partial charge in [-0.05, 0) is 18.3 Å². The van der Waals surface area contributed by atoms with E-state index in [1.54, 1.807) is 0 Å². The van der Waals surface area contributed by atoms with Gasteiger partial charge in [0.25, 0.3) is 0 Å². The van der Waals surface area contributed by atoms with Crippen LogP contribution in [0, 0.1) is 5.41 Å². The Hall–Kier alpha value is -0.570. The molecule has 2 N–H and O–H groups in total. The summed E-state index contributed by atoms with van der Waals surface area (Å²) in [5, 5.41) is 12.6. The Balaban J connectivity index is 2.36. The largest absolute Gasteiger partial charge is 0.391 e. The third-order valence-corrected chi connectivity index (χ3v) is 2.77. The molecule has 1 fully saturated rings. The molecular formula is C12H23NO2. The molecule has 0 radical (unpaired) electrons. The molecule has 1 saturated carbocycles. The van der Waals surface area contributed by atoms with Crippen molar-refractivity contribution in [1.82, 2.24) is 5.32 Å². The van der Waals surface area contributed by atoms with Crippen LogP contribution in [0.2, 0.25) is 0 Å². The SMILES string of the molecule is CC(C)(C)CC(=O)N[C@H]1CCCC[C@@H]1O. The van der Waals surface area contributed by atoms with Crippen LogP contribution in [0.4, 0.5) is 0 Å². The van der Waals surface area contributed by atoms with Crippen molar-refractivity contribution in [1.29, 1.82) is 0 Å². The van der Waals surface area contributed by atoms with Crippen molar-refractivity contribution in [2.45, 2.75) is 65.0 Å². The summed E-state index contributed by atoms with van der Waals surface area (Å²) >= 11 is 0. The first kappa shape index (κ1) is 12.5. The Bertz CT molecular complexity index is 220. The van der Waals surface area contributed by atoms with Gasteiger partial charge in [-0.1, -0.05) is 33.6 Å². The predicted octanol–water partition coefficient (Wildman–Crippen LogP) is 1.84. The number of hydrogen-bond acceptors (Lipinski definition) is 2. The van der Waals surface area contributed by atoms with Crippen LogP contribution < -0.4 is 5.32 Å². The average molecular weight is 213 g/mol. The molecule has 0 saturated heterocycles. The van der Waals surface area contributed by atoms with E-state index in [4.69, 9.17) is 0 Å². The normalized spacial score (nSPS) is 27.5. The van der Waals surface area contributed by atoms with Gasteiger partial charge in [0.2, 0.25) is 5.91 Å². The minimum absolute atomic E-state index is 0.0176. The molecule has 3 nitrogen and oxygen atoms in total. The van der Waals surface area contributed by atoms with Gasteiger partial charge >= 0.3 is 0 Å². The zero-order chi connectivity index (χ0) is 11.5. The molecule has 0 heterocycles. The first-order valence-electron chi connectivity index (χ1n) is 5.86. The zero-order valence-corrected chi connectivity index (χ0v) is 10.0. The van der Waals surface area contributed by atoms with Crippen molar-refractivity contribution < 1.29 is 9.90 Å². The fourth-order valence-corrected chi connectivity index (χ4v) is 2.02. The highest BCUT2D eigenvalue weighted by atomic mass is 16.3. The number of nitrogens with one attached hydrogen (secondary N) is 1. The smallest absolute Gasteiger partial charge is 0.220 e. The van der Waals surface area contributed by atoms with E-state index in [1.165, 1.54) is 0 Å². The molecule has 0 aromatic rings. The lowest BCUT2D eigenvalue weighted by Crippen LogP contribution is -2.45. The van der Waals surface area contributed by atoms with Crippen molar-refractivity contribution in [2.75, 3.05) is 0 Å². The molecule has 0 spiro atoms. The molecule has 3 heteroatoms. The molecule has 1 amide bonds. The van der Waals surface area contributed by atoms with Crippen molar-refractivity contribution in [2.24, 2.45) is 5.41 Å². The van der Waals surface area contributed by atoms with E-state index in [1.807, 2.05) is 20.8 Å². The van der Waals surface area contributed by atoms with Crippen molar-refractivity contribution in [3.8, 4) is 0 Å². The van der Waals surface area contributed by atoms with Crippen LogP contribution in [0.25, 0.3) is 0 Å². The van der Waals surface area contributed by atoms with Gasteiger partial charge in [-0.2, -0.15) is 0 Å². The molecule has 1 aliphatic rings. The lowest BCUT2D eigenvalue weighted by atomic mass is 9.90. The molecule has 0 bridgehead atoms. The van der Waals surface area contributed by atoms with Crippen LogP contribution in [0.15, 0.2) is 0 Å². The second-order valence-corrected chi connectivity index (χ2v) is 5.76. The van der Waals surface area contributed by atoms with Crippen molar-refractivity contribution in [3.63, 3.8) is 0 Å². The molecule has 2 atom stereocenters. The van der Waals surface area contributed by atoms with Crippen molar-refractivity contribution in [3.05, 3.63) is 0 Å². The number of aliphatic hydroxyl groups is 1. The van der Waals surface area contributed by atoms with Gasteiger partial charge in [0.05, 0.1) is 12.1 Å². The number of hydrogen-bond donors (Lipinski definition) is 2. The molecular weight excluding hydrogens is 190 g/mol. The summed E-state index contributed by atoms with van der Waals surface area (Å²) in [6.07, 6.45) is 4.10. The van der Waals surface area contributed by atoms with Crippen LogP contribution in [-0.2, 0) is 4.79 Å². The lowest BCUT2D eigenvalue weighted by molar-refractivity contribution is -0.124. The summed E-state index contributed by atoms with van der Waals surface area (Å²) in [7, 11) is 0. The summed E-state index contributed by atoms with van der Waals surface area (Å²) < 4.78 is 0. The van der Waals surface area contributed by atoms with Gasteiger partial charge in [0, 0.05) is 6.42 Å². The van der Waals surface area contributed by atoms with Gasteiger partial charge in [-0.25, -0.2) is 0 Å². The fraction of sp³-hybridized carbons (Fsp3) is 0.917. The first-order valence-corrected chi connectivity index (χ1v) is 5.86. The second-order valence-electron chi connectivity index (χ2n) is 5.76. The van der Waals surface area contributed by atoms with Crippen LogP contribution in [0.1, 0.15) is 52.9 Å². The van der Waals surface area contributed by atoms with E-state index in [0.29, 0.717) is 6.42 Å². The summed E-state index contributed by atoms with van der Waals surface area (Å²) in [4.78, 5) is 11.7. The minimum atomic E-state index is -0.345. The van der Waals surface area contributed by atoms with Gasteiger partial charge in [-0.15, -0.1) is 0 Å². The highest BCUT2D eigenvalue weighted by Crippen LogP contribution is 2.21. The lowest BCUT2D eigenvalue weighted by Gasteiger charge is -2.29. The molecule has 0 aromatic heterocycles. The van der Waals surface area contributed by atoms with Crippen LogP contribution in [0.3, 0.4) is 0 Å². The molecule has 88 valence electrons. The van der Waals surface area contributed by atoms with Gasteiger partial charge in [-0.3, -0.25) is 4.79 Å². The van der Waals surface area contributed by atoms with E-state index in [2.05, 4.69) is 5.32 Å². The number of rotatable bonds is 2. The topological polar surface area (TPSA) is 49.3 Å². The molecule has 15 heavy (non-hydrogen) atoms. The molecule has 0 unspecified atom stereocenters. The third-order valence-electron chi connectivity index (χ3n) is 2.77. The molecule has 1 rings (SSSR count). The first-order chi connectivity index (χ1) is 6.88. The van der Waals surface area contributed by atoms with Crippen LogP contribution in [0.5, 0.6) is 0 Å². The molecule has 0 aliphatic heterocycles. The van der Waals surface area contributed by atoms with Gasteiger partial charge in [0.15, 0.2) is 0 Å². The minimum Gasteiger partial charge on any atom is -0.391 e. The maximum atomic E-state index is 11.7. The highest BCUT2D eigenvalue weighted by Gasteiger charge is 2.25. The predicted molar refractivity (Wildman–Crippen MR) is 60.5 cm³/mol. The van der Waals surface area contributed by atoms with Gasteiger partial charge < -0.3 is 10.4 Å². The van der Waals surface area contributed by atoms with E-state index < -0.39 is 0 Å². The Labute approximate surface area is 92.3 Å². The van der Waals surface area contributed by atoms with E-state index in [-0.39, 0.29) is 23.5 Å². The van der Waals surface area contributed by atoms with E-state index >= 15 is 0 Å². The molecule has 1 aliphatic carbocycles. The summed E-state index contributed by atoms with van der Waals surface area (Å²) in [5.74, 6) is 0.0634. The highest BCUT2D eigenvalue weighted by molar-refractivity contribution is 5.76. The Morgan fingerprint density at radius 2 is 1.93 bits per heavy atom. The Kier molecular flexibility index (Phi) is 4.14. The average Bonchev–Trinajstić information content (AvgIpc) is 2.05. The number of carbonyl (C=O) groups is 1. The van der Waals surface area contributed by atoms with Gasteiger partial charge in [0.1, 0.15) is 0 Å².